The molecule has 0 unspecified atom stereocenters. The van der Waals surface area contributed by atoms with Crippen LogP contribution in [-0.2, 0) is 7.05 Å². The van der Waals surface area contributed by atoms with Gasteiger partial charge in [0.1, 0.15) is 5.75 Å². The maximum absolute atomic E-state index is 9.38. The van der Waals surface area contributed by atoms with Crippen molar-refractivity contribution in [2.45, 2.75) is 12.1 Å². The van der Waals surface area contributed by atoms with E-state index in [1.807, 2.05) is 42.0 Å². The fourth-order valence-corrected chi connectivity index (χ4v) is 2.59. The van der Waals surface area contributed by atoms with Crippen LogP contribution in [-0.4, -0.2) is 22.4 Å². The smallest absolute Gasteiger partial charge is 0.168 e. The molecule has 0 fully saturated rings. The molecule has 2 aromatic rings. The second-order valence-corrected chi connectivity index (χ2v) is 5.59. The zero-order valence-electron chi connectivity index (χ0n) is 12.3. The zero-order valence-corrected chi connectivity index (χ0v) is 13.1. The molecule has 2 rings (SSSR count). The Balaban J connectivity index is 2.34. The molecule has 0 bridgehead atoms. The molecule has 0 amide bonds. The van der Waals surface area contributed by atoms with Gasteiger partial charge in [0, 0.05) is 7.05 Å². The first-order valence-electron chi connectivity index (χ1n) is 6.60. The van der Waals surface area contributed by atoms with Crippen molar-refractivity contribution in [1.82, 2.24) is 9.55 Å². The normalized spacial score (nSPS) is 11.2. The van der Waals surface area contributed by atoms with Crippen molar-refractivity contribution in [3.8, 4) is 11.8 Å². The van der Waals surface area contributed by atoms with Crippen LogP contribution >= 0.6 is 11.8 Å². The van der Waals surface area contributed by atoms with Crippen molar-refractivity contribution < 1.29 is 4.74 Å². The lowest BCUT2D eigenvalue weighted by Gasteiger charge is -2.04. The molecule has 1 heterocycles. The van der Waals surface area contributed by atoms with Gasteiger partial charge in [0.25, 0.3) is 0 Å². The zero-order chi connectivity index (χ0) is 15.2. The molecular formula is C16H17N3OS. The molecule has 108 valence electrons. The largest absolute Gasteiger partial charge is 0.497 e. The number of hydrogen-bond donors (Lipinski definition) is 0. The number of hydrogen-bond acceptors (Lipinski definition) is 4. The van der Waals surface area contributed by atoms with Crippen LogP contribution in [0.25, 0.3) is 11.6 Å². The van der Waals surface area contributed by atoms with Crippen molar-refractivity contribution >= 4 is 23.4 Å². The lowest BCUT2D eigenvalue weighted by molar-refractivity contribution is 0.415. The molecular weight excluding hydrogens is 282 g/mol. The summed E-state index contributed by atoms with van der Waals surface area (Å²) in [6, 6.07) is 9.71. The van der Waals surface area contributed by atoms with E-state index in [1.54, 1.807) is 25.1 Å². The number of benzene rings is 1. The third-order valence-electron chi connectivity index (χ3n) is 3.07. The first-order chi connectivity index (χ1) is 10.2. The van der Waals surface area contributed by atoms with E-state index >= 15 is 0 Å². The van der Waals surface area contributed by atoms with E-state index < -0.39 is 0 Å². The summed E-state index contributed by atoms with van der Waals surface area (Å²) in [6.45, 7) is 2.09. The van der Waals surface area contributed by atoms with Gasteiger partial charge in [-0.2, -0.15) is 5.26 Å². The Hall–Kier alpha value is -2.19. The third kappa shape index (κ3) is 3.47. The number of nitrogens with zero attached hydrogens (tertiary/aromatic N) is 3. The highest BCUT2D eigenvalue weighted by Gasteiger charge is 2.07. The first-order valence-corrected chi connectivity index (χ1v) is 7.59. The van der Waals surface area contributed by atoms with Crippen LogP contribution in [0, 0.1) is 11.3 Å². The van der Waals surface area contributed by atoms with Crippen molar-refractivity contribution in [2.75, 3.05) is 12.9 Å². The van der Waals surface area contributed by atoms with E-state index in [0.29, 0.717) is 5.57 Å². The molecule has 21 heavy (non-hydrogen) atoms. The van der Waals surface area contributed by atoms with Crippen LogP contribution in [0.4, 0.5) is 0 Å². The predicted molar refractivity (Wildman–Crippen MR) is 86.1 cm³/mol. The van der Waals surface area contributed by atoms with Crippen molar-refractivity contribution in [3.63, 3.8) is 0 Å². The van der Waals surface area contributed by atoms with E-state index in [4.69, 9.17) is 4.74 Å². The van der Waals surface area contributed by atoms with Gasteiger partial charge in [-0.25, -0.2) is 4.98 Å². The highest BCUT2D eigenvalue weighted by molar-refractivity contribution is 7.99. The van der Waals surface area contributed by atoms with Gasteiger partial charge >= 0.3 is 0 Å². The quantitative estimate of drug-likeness (QED) is 0.625. The Kier molecular flexibility index (Phi) is 5.07. The van der Waals surface area contributed by atoms with Gasteiger partial charge in [-0.15, -0.1) is 0 Å². The maximum atomic E-state index is 9.38. The second-order valence-electron chi connectivity index (χ2n) is 4.36. The monoisotopic (exact) mass is 299 g/mol. The van der Waals surface area contributed by atoms with Crippen molar-refractivity contribution in [1.29, 1.82) is 5.26 Å². The molecule has 4 nitrogen and oxygen atoms in total. The Morgan fingerprint density at radius 2 is 2.14 bits per heavy atom. The lowest BCUT2D eigenvalue weighted by atomic mass is 10.1. The van der Waals surface area contributed by atoms with Gasteiger partial charge in [0.05, 0.1) is 30.6 Å². The molecule has 1 aromatic carbocycles. The number of imidazole rings is 1. The third-order valence-corrected chi connectivity index (χ3v) is 3.99. The lowest BCUT2D eigenvalue weighted by Crippen LogP contribution is -1.94. The number of rotatable bonds is 5. The molecule has 0 saturated carbocycles. The molecule has 5 heteroatoms. The number of allylic oxidation sites excluding steroid dienone is 1. The van der Waals surface area contributed by atoms with Crippen LogP contribution < -0.4 is 4.74 Å². The molecule has 0 aliphatic carbocycles. The Bertz CT molecular complexity index is 681. The SMILES string of the molecule is CCSc1ncc(/C=C(/C#N)c2ccc(OC)cc2)n1C. The van der Waals surface area contributed by atoms with Crippen LogP contribution in [0.1, 0.15) is 18.2 Å². The Labute approximate surface area is 129 Å². The summed E-state index contributed by atoms with van der Waals surface area (Å²) in [7, 11) is 3.58. The minimum Gasteiger partial charge on any atom is -0.497 e. The van der Waals surface area contributed by atoms with Crippen molar-refractivity contribution in [2.24, 2.45) is 7.05 Å². The van der Waals surface area contributed by atoms with Gasteiger partial charge in [-0.3, -0.25) is 0 Å². The van der Waals surface area contributed by atoms with Gasteiger partial charge < -0.3 is 9.30 Å². The van der Waals surface area contributed by atoms with Crippen LogP contribution in [0.15, 0.2) is 35.6 Å². The summed E-state index contributed by atoms with van der Waals surface area (Å²) < 4.78 is 7.13. The molecule has 0 radical (unpaired) electrons. The van der Waals surface area contributed by atoms with Crippen LogP contribution in [0.3, 0.4) is 0 Å². The first kappa shape index (κ1) is 15.2. The number of aromatic nitrogens is 2. The summed E-state index contributed by atoms with van der Waals surface area (Å²) in [4.78, 5) is 4.37. The highest BCUT2D eigenvalue weighted by Crippen LogP contribution is 2.23. The predicted octanol–water partition coefficient (Wildman–Crippen LogP) is 3.60. The molecule has 1 aromatic heterocycles. The summed E-state index contributed by atoms with van der Waals surface area (Å²) in [5.41, 5.74) is 2.39. The van der Waals surface area contributed by atoms with Gasteiger partial charge in [-0.1, -0.05) is 18.7 Å². The molecule has 0 atom stereocenters. The summed E-state index contributed by atoms with van der Waals surface area (Å²) in [5.74, 6) is 1.75. The average Bonchev–Trinajstić information content (AvgIpc) is 2.86. The number of methoxy groups -OCH3 is 1. The van der Waals surface area contributed by atoms with E-state index in [0.717, 1.165) is 27.9 Å². The Morgan fingerprint density at radius 1 is 1.43 bits per heavy atom. The van der Waals surface area contributed by atoms with Crippen molar-refractivity contribution in [3.05, 3.63) is 41.7 Å². The molecule has 0 N–H and O–H groups in total. The molecule has 0 aliphatic heterocycles. The topological polar surface area (TPSA) is 50.8 Å². The second kappa shape index (κ2) is 7.00. The van der Waals surface area contributed by atoms with E-state index in [2.05, 4.69) is 18.0 Å². The summed E-state index contributed by atoms with van der Waals surface area (Å²) in [6.07, 6.45) is 3.65. The van der Waals surface area contributed by atoms with Crippen LogP contribution in [0.5, 0.6) is 5.75 Å². The minimum atomic E-state index is 0.605. The highest BCUT2D eigenvalue weighted by atomic mass is 32.2. The molecule has 0 saturated heterocycles. The minimum absolute atomic E-state index is 0.605. The maximum Gasteiger partial charge on any atom is 0.168 e. The number of thioether (sulfide) groups is 1. The Morgan fingerprint density at radius 3 is 2.71 bits per heavy atom. The van der Waals surface area contributed by atoms with Gasteiger partial charge in [0.15, 0.2) is 5.16 Å². The van der Waals surface area contributed by atoms with Gasteiger partial charge in [0.2, 0.25) is 0 Å². The van der Waals surface area contributed by atoms with E-state index in [9.17, 15) is 5.26 Å². The van der Waals surface area contributed by atoms with E-state index in [-0.39, 0.29) is 0 Å². The van der Waals surface area contributed by atoms with Gasteiger partial charge in [-0.05, 0) is 41.7 Å². The molecule has 0 aliphatic rings. The van der Waals surface area contributed by atoms with Crippen LogP contribution in [0.2, 0.25) is 0 Å². The standard InChI is InChI=1S/C16H17N3OS/c1-4-21-16-18-11-14(19(16)2)9-13(10-17)12-5-7-15(20-3)8-6-12/h5-9,11H,4H2,1-3H3/b13-9-. The summed E-state index contributed by atoms with van der Waals surface area (Å²) in [5, 5.41) is 10.3. The number of nitriles is 1. The number of ether oxygens (including phenoxy) is 1. The molecule has 0 spiro atoms. The fraction of sp³-hybridized carbons (Fsp3) is 0.250. The summed E-state index contributed by atoms with van der Waals surface area (Å²) >= 11 is 1.68. The average molecular weight is 299 g/mol. The van der Waals surface area contributed by atoms with E-state index in [1.165, 1.54) is 0 Å². The fourth-order valence-electron chi connectivity index (χ4n) is 1.90.